The van der Waals surface area contributed by atoms with Crippen LogP contribution in [0.4, 0.5) is 11.4 Å². The maximum atomic E-state index is 4.56. The molecule has 0 saturated heterocycles. The largest absolute Gasteiger partial charge is 0.335 e. The van der Waals surface area contributed by atoms with Crippen molar-refractivity contribution in [3.63, 3.8) is 0 Å². The van der Waals surface area contributed by atoms with Gasteiger partial charge in [0, 0.05) is 12.4 Å². The second kappa shape index (κ2) is 3.74. The monoisotopic (exact) mass is 222 g/mol. The van der Waals surface area contributed by atoms with Crippen molar-refractivity contribution >= 4 is 28.5 Å². The summed E-state index contributed by atoms with van der Waals surface area (Å²) in [6.45, 7) is 3.80. The molecule has 0 spiro atoms. The molecule has 1 aliphatic rings. The molecule has 0 unspecified atom stereocenters. The highest BCUT2D eigenvalue weighted by molar-refractivity contribution is 6.10. The summed E-state index contributed by atoms with van der Waals surface area (Å²) in [4.78, 5) is 6.63. The second-order valence-electron chi connectivity index (χ2n) is 4.30. The maximum Gasteiger partial charge on any atom is 0.0954 e. The second-order valence-corrected chi connectivity index (χ2v) is 4.30. The molecule has 0 N–H and O–H groups in total. The Labute approximate surface area is 101 Å². The van der Waals surface area contributed by atoms with E-state index in [1.165, 1.54) is 22.0 Å². The van der Waals surface area contributed by atoms with Crippen LogP contribution in [0.15, 0.2) is 48.0 Å². The molecular weight excluding hydrogens is 208 g/mol. The van der Waals surface area contributed by atoms with Crippen LogP contribution >= 0.6 is 0 Å². The highest BCUT2D eigenvalue weighted by Crippen LogP contribution is 2.39. The van der Waals surface area contributed by atoms with Crippen LogP contribution in [0.5, 0.6) is 0 Å². The number of nitrogens with zero attached hydrogens (tertiary/aromatic N) is 2. The van der Waals surface area contributed by atoms with Crippen LogP contribution < -0.4 is 4.90 Å². The van der Waals surface area contributed by atoms with Crippen LogP contribution in [-0.2, 0) is 6.42 Å². The van der Waals surface area contributed by atoms with Crippen molar-refractivity contribution in [3.05, 3.63) is 48.6 Å². The lowest BCUT2D eigenvalue weighted by Gasteiger charge is -2.22. The minimum absolute atomic E-state index is 0.862. The van der Waals surface area contributed by atoms with Gasteiger partial charge in [-0.15, -0.1) is 6.58 Å². The first-order chi connectivity index (χ1) is 8.31. The Morgan fingerprint density at radius 3 is 3.00 bits per heavy atom. The van der Waals surface area contributed by atoms with E-state index in [0.29, 0.717) is 0 Å². The molecule has 2 nitrogen and oxygen atoms in total. The summed E-state index contributed by atoms with van der Waals surface area (Å²) in [5.41, 5.74) is 3.55. The van der Waals surface area contributed by atoms with Crippen molar-refractivity contribution in [1.82, 2.24) is 0 Å². The lowest BCUT2D eigenvalue weighted by atomic mass is 9.99. The molecule has 0 saturated carbocycles. The van der Waals surface area contributed by atoms with E-state index in [-0.39, 0.29) is 0 Å². The third-order valence-corrected chi connectivity index (χ3v) is 3.18. The zero-order valence-corrected chi connectivity index (χ0v) is 9.85. The lowest BCUT2D eigenvalue weighted by Crippen LogP contribution is -2.16. The lowest BCUT2D eigenvalue weighted by molar-refractivity contribution is 1.23. The summed E-state index contributed by atoms with van der Waals surface area (Å²) in [6, 6.07) is 10.7. The predicted octanol–water partition coefficient (Wildman–Crippen LogP) is 3.68. The first kappa shape index (κ1) is 10.1. The van der Waals surface area contributed by atoms with Gasteiger partial charge in [-0.1, -0.05) is 30.3 Å². The van der Waals surface area contributed by atoms with Crippen molar-refractivity contribution < 1.29 is 0 Å². The van der Waals surface area contributed by atoms with E-state index in [4.69, 9.17) is 0 Å². The van der Waals surface area contributed by atoms with Crippen LogP contribution in [0, 0.1) is 0 Å². The maximum absolute atomic E-state index is 4.56. The van der Waals surface area contributed by atoms with E-state index in [0.717, 1.165) is 12.1 Å². The molecule has 84 valence electrons. The van der Waals surface area contributed by atoms with Crippen molar-refractivity contribution in [2.75, 3.05) is 11.9 Å². The van der Waals surface area contributed by atoms with Crippen LogP contribution in [0.2, 0.25) is 0 Å². The number of anilines is 1. The topological polar surface area (TPSA) is 15.6 Å². The molecule has 0 bridgehead atoms. The number of aliphatic imine (C=N–C) groups is 1. The van der Waals surface area contributed by atoms with Gasteiger partial charge in [0.1, 0.15) is 0 Å². The summed E-state index contributed by atoms with van der Waals surface area (Å²) < 4.78 is 0. The molecule has 0 radical (unpaired) electrons. The quantitative estimate of drug-likeness (QED) is 0.708. The van der Waals surface area contributed by atoms with Gasteiger partial charge in [0.15, 0.2) is 0 Å². The van der Waals surface area contributed by atoms with E-state index in [2.05, 4.69) is 46.8 Å². The average Bonchev–Trinajstić information content (AvgIpc) is 2.36. The van der Waals surface area contributed by atoms with E-state index in [1.807, 2.05) is 19.5 Å². The van der Waals surface area contributed by atoms with Gasteiger partial charge in [0.2, 0.25) is 0 Å². The molecule has 3 rings (SSSR count). The SMILES string of the molecule is C=CCc1ccc2cccc3c2c1N=CN3C. The van der Waals surface area contributed by atoms with Crippen molar-refractivity contribution in [2.24, 2.45) is 4.99 Å². The third kappa shape index (κ3) is 1.45. The van der Waals surface area contributed by atoms with Gasteiger partial charge in [0.05, 0.1) is 17.7 Å². The van der Waals surface area contributed by atoms with Crippen molar-refractivity contribution in [3.8, 4) is 0 Å². The molecule has 2 aromatic rings. The van der Waals surface area contributed by atoms with Crippen LogP contribution in [0.3, 0.4) is 0 Å². The standard InChI is InChI=1S/C15H14N2/c1-3-5-12-9-8-11-6-4-7-13-14(11)15(12)16-10-17(13)2/h3-4,6-10H,1,5H2,2H3. The minimum Gasteiger partial charge on any atom is -0.335 e. The van der Waals surface area contributed by atoms with Gasteiger partial charge < -0.3 is 4.90 Å². The first-order valence-electron chi connectivity index (χ1n) is 5.74. The fourth-order valence-electron chi connectivity index (χ4n) is 2.35. The fraction of sp³-hybridized carbons (Fsp3) is 0.133. The molecule has 17 heavy (non-hydrogen) atoms. The zero-order valence-electron chi connectivity index (χ0n) is 9.85. The number of hydrogen-bond donors (Lipinski definition) is 0. The van der Waals surface area contributed by atoms with Gasteiger partial charge in [-0.05, 0) is 23.4 Å². The van der Waals surface area contributed by atoms with Crippen LogP contribution in [-0.4, -0.2) is 13.4 Å². The van der Waals surface area contributed by atoms with Gasteiger partial charge >= 0.3 is 0 Å². The molecule has 2 heteroatoms. The normalized spacial score (nSPS) is 13.1. The smallest absolute Gasteiger partial charge is 0.0954 e. The highest BCUT2D eigenvalue weighted by Gasteiger charge is 2.15. The summed E-state index contributed by atoms with van der Waals surface area (Å²) >= 11 is 0. The van der Waals surface area contributed by atoms with E-state index in [1.54, 1.807) is 0 Å². The number of benzene rings is 2. The van der Waals surface area contributed by atoms with Crippen molar-refractivity contribution in [1.29, 1.82) is 0 Å². The summed E-state index contributed by atoms with van der Waals surface area (Å²) in [6.07, 6.45) is 4.67. The molecule has 0 aromatic heterocycles. The van der Waals surface area contributed by atoms with Crippen LogP contribution in [0.25, 0.3) is 10.8 Å². The number of hydrogen-bond acceptors (Lipinski definition) is 2. The first-order valence-corrected chi connectivity index (χ1v) is 5.74. The molecular formula is C15H14N2. The van der Waals surface area contributed by atoms with E-state index in [9.17, 15) is 0 Å². The minimum atomic E-state index is 0.862. The Morgan fingerprint density at radius 2 is 2.18 bits per heavy atom. The molecule has 2 aromatic carbocycles. The molecule has 0 aliphatic carbocycles. The van der Waals surface area contributed by atoms with Gasteiger partial charge in [-0.2, -0.15) is 0 Å². The number of rotatable bonds is 2. The van der Waals surface area contributed by atoms with Gasteiger partial charge in [0.25, 0.3) is 0 Å². The zero-order chi connectivity index (χ0) is 11.8. The Morgan fingerprint density at radius 1 is 1.29 bits per heavy atom. The molecule has 0 fully saturated rings. The highest BCUT2D eigenvalue weighted by atomic mass is 15.1. The van der Waals surface area contributed by atoms with E-state index >= 15 is 0 Å². The Balaban J connectivity index is 2.39. The Hall–Kier alpha value is -2.09. The fourth-order valence-corrected chi connectivity index (χ4v) is 2.35. The summed E-state index contributed by atoms with van der Waals surface area (Å²) in [5.74, 6) is 0. The van der Waals surface area contributed by atoms with E-state index < -0.39 is 0 Å². The van der Waals surface area contributed by atoms with Crippen LogP contribution in [0.1, 0.15) is 5.56 Å². The Bertz CT molecular complexity index is 626. The molecule has 1 heterocycles. The summed E-state index contributed by atoms with van der Waals surface area (Å²) in [5, 5.41) is 2.49. The predicted molar refractivity (Wildman–Crippen MR) is 74.4 cm³/mol. The van der Waals surface area contributed by atoms with Gasteiger partial charge in [-0.25, -0.2) is 4.99 Å². The molecule has 0 amide bonds. The molecule has 0 atom stereocenters. The third-order valence-electron chi connectivity index (χ3n) is 3.18. The van der Waals surface area contributed by atoms with Crippen molar-refractivity contribution in [2.45, 2.75) is 6.42 Å². The number of allylic oxidation sites excluding steroid dienone is 1. The van der Waals surface area contributed by atoms with Gasteiger partial charge in [-0.3, -0.25) is 0 Å². The summed E-state index contributed by atoms with van der Waals surface area (Å²) in [7, 11) is 2.03. The average molecular weight is 222 g/mol. The Kier molecular flexibility index (Phi) is 2.22. The molecule has 1 aliphatic heterocycles.